The number of amides is 1. The summed E-state index contributed by atoms with van der Waals surface area (Å²) in [4.78, 5) is 12.3. The molecule has 0 bridgehead atoms. The molecule has 0 spiro atoms. The minimum Gasteiger partial charge on any atom is -0.465 e. The maximum absolute atomic E-state index is 12.3. The highest BCUT2D eigenvalue weighted by Crippen LogP contribution is 2.23. The summed E-state index contributed by atoms with van der Waals surface area (Å²) < 4.78 is 5.15. The first-order chi connectivity index (χ1) is 10.8. The van der Waals surface area contributed by atoms with E-state index in [1.807, 2.05) is 24.3 Å². The molecule has 2 N–H and O–H groups in total. The summed E-state index contributed by atoms with van der Waals surface area (Å²) in [5.41, 5.74) is 2.54. The van der Waals surface area contributed by atoms with E-state index in [1.165, 1.54) is 12.5 Å². The molecule has 4 heteroatoms. The minimum absolute atomic E-state index is 0.0642. The van der Waals surface area contributed by atoms with Gasteiger partial charge in [-0.1, -0.05) is 32.9 Å². The van der Waals surface area contributed by atoms with Crippen molar-refractivity contribution < 1.29 is 14.6 Å². The first-order valence-electron chi connectivity index (χ1n) is 7.62. The largest absolute Gasteiger partial charge is 0.465 e. The van der Waals surface area contributed by atoms with Crippen molar-refractivity contribution in [3.05, 3.63) is 59.7 Å². The van der Waals surface area contributed by atoms with Gasteiger partial charge in [0, 0.05) is 11.3 Å². The number of nitrogens with one attached hydrogen (secondary N) is 1. The Morgan fingerprint density at radius 3 is 2.09 bits per heavy atom. The molecule has 0 aliphatic heterocycles. The molecule has 4 nitrogen and oxygen atoms in total. The van der Waals surface area contributed by atoms with Gasteiger partial charge in [0.1, 0.15) is 5.75 Å². The lowest BCUT2D eigenvalue weighted by Gasteiger charge is -2.19. The summed E-state index contributed by atoms with van der Waals surface area (Å²) in [7, 11) is 0. The van der Waals surface area contributed by atoms with E-state index in [0.29, 0.717) is 17.0 Å². The van der Waals surface area contributed by atoms with Gasteiger partial charge in [-0.15, -0.1) is 0 Å². The van der Waals surface area contributed by atoms with Crippen LogP contribution in [0.2, 0.25) is 0 Å². The van der Waals surface area contributed by atoms with Gasteiger partial charge >= 0.3 is 0 Å². The van der Waals surface area contributed by atoms with Crippen molar-refractivity contribution in [2.75, 3.05) is 5.32 Å². The van der Waals surface area contributed by atoms with Crippen LogP contribution in [-0.4, -0.2) is 17.3 Å². The number of benzene rings is 2. The van der Waals surface area contributed by atoms with Crippen molar-refractivity contribution in [1.82, 2.24) is 0 Å². The van der Waals surface area contributed by atoms with E-state index in [1.54, 1.807) is 24.3 Å². The quantitative estimate of drug-likeness (QED) is 0.840. The summed E-state index contributed by atoms with van der Waals surface area (Å²) in [5, 5.41) is 12.0. The SMILES string of the molecule is CC(O)Oc1ccc(NC(=O)c2ccc(C(C)(C)C)cc2)cc1. The van der Waals surface area contributed by atoms with Gasteiger partial charge in [0.2, 0.25) is 0 Å². The predicted octanol–water partition coefficient (Wildman–Crippen LogP) is 3.95. The number of hydrogen-bond acceptors (Lipinski definition) is 3. The van der Waals surface area contributed by atoms with Gasteiger partial charge in [0.15, 0.2) is 6.29 Å². The van der Waals surface area contributed by atoms with E-state index in [4.69, 9.17) is 9.84 Å². The lowest BCUT2D eigenvalue weighted by Crippen LogP contribution is -2.14. The highest BCUT2D eigenvalue weighted by Gasteiger charge is 2.14. The van der Waals surface area contributed by atoms with Crippen LogP contribution in [0.3, 0.4) is 0 Å². The molecule has 122 valence electrons. The number of rotatable bonds is 4. The second kappa shape index (κ2) is 6.84. The van der Waals surface area contributed by atoms with Crippen LogP contribution in [0.25, 0.3) is 0 Å². The second-order valence-corrected chi connectivity index (χ2v) is 6.52. The average molecular weight is 313 g/mol. The summed E-state index contributed by atoms with van der Waals surface area (Å²) in [6.45, 7) is 7.95. The third kappa shape index (κ3) is 4.83. The molecule has 0 aromatic heterocycles. The lowest BCUT2D eigenvalue weighted by atomic mass is 9.87. The first kappa shape index (κ1) is 17.0. The summed E-state index contributed by atoms with van der Waals surface area (Å²) in [6.07, 6.45) is -0.864. The maximum Gasteiger partial charge on any atom is 0.255 e. The first-order valence-corrected chi connectivity index (χ1v) is 7.62. The maximum atomic E-state index is 12.3. The van der Waals surface area contributed by atoms with Gasteiger partial charge in [-0.05, 0) is 54.3 Å². The molecule has 0 aliphatic rings. The Hall–Kier alpha value is -2.33. The Kier molecular flexibility index (Phi) is 5.06. The number of anilines is 1. The zero-order valence-electron chi connectivity index (χ0n) is 14.0. The summed E-state index contributed by atoms with van der Waals surface area (Å²) >= 11 is 0. The Morgan fingerprint density at radius 1 is 1.04 bits per heavy atom. The molecule has 0 radical (unpaired) electrons. The highest BCUT2D eigenvalue weighted by atomic mass is 16.6. The molecule has 0 saturated carbocycles. The second-order valence-electron chi connectivity index (χ2n) is 6.52. The van der Waals surface area contributed by atoms with E-state index in [9.17, 15) is 4.79 Å². The highest BCUT2D eigenvalue weighted by molar-refractivity contribution is 6.04. The monoisotopic (exact) mass is 313 g/mol. The van der Waals surface area contributed by atoms with Gasteiger partial charge in [0.05, 0.1) is 0 Å². The average Bonchev–Trinajstić information content (AvgIpc) is 2.48. The van der Waals surface area contributed by atoms with E-state index in [-0.39, 0.29) is 11.3 Å². The number of hydrogen-bond donors (Lipinski definition) is 2. The smallest absolute Gasteiger partial charge is 0.255 e. The fourth-order valence-electron chi connectivity index (χ4n) is 2.14. The summed E-state index contributed by atoms with van der Waals surface area (Å²) in [5.74, 6) is 0.391. The zero-order valence-corrected chi connectivity index (χ0v) is 14.0. The van der Waals surface area contributed by atoms with Crippen LogP contribution in [0.1, 0.15) is 43.6 Å². The predicted molar refractivity (Wildman–Crippen MR) is 91.8 cm³/mol. The van der Waals surface area contributed by atoms with Crippen LogP contribution in [0.5, 0.6) is 5.75 Å². The van der Waals surface area contributed by atoms with Crippen LogP contribution in [0.15, 0.2) is 48.5 Å². The third-order valence-corrected chi connectivity index (χ3v) is 3.43. The molecule has 2 rings (SSSR count). The van der Waals surface area contributed by atoms with E-state index in [0.717, 1.165) is 0 Å². The molecule has 2 aromatic rings. The molecule has 2 aromatic carbocycles. The molecule has 23 heavy (non-hydrogen) atoms. The van der Waals surface area contributed by atoms with Crippen LogP contribution in [0, 0.1) is 0 Å². The van der Waals surface area contributed by atoms with Gasteiger partial charge in [-0.2, -0.15) is 0 Å². The zero-order chi connectivity index (χ0) is 17.0. The van der Waals surface area contributed by atoms with Crippen LogP contribution in [-0.2, 0) is 5.41 Å². The minimum atomic E-state index is -0.864. The topological polar surface area (TPSA) is 58.6 Å². The Balaban J connectivity index is 2.04. The van der Waals surface area contributed by atoms with Crippen molar-refractivity contribution >= 4 is 11.6 Å². The van der Waals surface area contributed by atoms with Gasteiger partial charge in [-0.25, -0.2) is 0 Å². The molecular weight excluding hydrogens is 290 g/mol. The van der Waals surface area contributed by atoms with Gasteiger partial charge < -0.3 is 15.2 Å². The van der Waals surface area contributed by atoms with Gasteiger partial charge in [-0.3, -0.25) is 4.79 Å². The van der Waals surface area contributed by atoms with E-state index < -0.39 is 6.29 Å². The van der Waals surface area contributed by atoms with E-state index in [2.05, 4.69) is 26.1 Å². The number of ether oxygens (including phenoxy) is 1. The fourth-order valence-corrected chi connectivity index (χ4v) is 2.14. The number of aliphatic hydroxyl groups is 1. The standard InChI is InChI=1S/C19H23NO3/c1-13(21)23-17-11-9-16(10-12-17)20-18(22)14-5-7-15(8-6-14)19(2,3)4/h5-13,21H,1-4H3,(H,20,22). The number of carbonyl (C=O) groups excluding carboxylic acids is 1. The van der Waals surface area contributed by atoms with Crippen LogP contribution < -0.4 is 10.1 Å². The Bertz CT molecular complexity index is 653. The molecule has 1 atom stereocenters. The normalized spacial score (nSPS) is 12.6. The molecule has 0 heterocycles. The Morgan fingerprint density at radius 2 is 1.61 bits per heavy atom. The van der Waals surface area contributed by atoms with Crippen molar-refractivity contribution in [1.29, 1.82) is 0 Å². The molecule has 0 aliphatic carbocycles. The Labute approximate surface area is 137 Å². The number of aliphatic hydroxyl groups excluding tert-OH is 1. The van der Waals surface area contributed by atoms with Crippen LogP contribution >= 0.6 is 0 Å². The third-order valence-electron chi connectivity index (χ3n) is 3.43. The van der Waals surface area contributed by atoms with Gasteiger partial charge in [0.25, 0.3) is 5.91 Å². The fraction of sp³-hybridized carbons (Fsp3) is 0.316. The van der Waals surface area contributed by atoms with Crippen LogP contribution in [0.4, 0.5) is 5.69 Å². The molecule has 0 fully saturated rings. The van der Waals surface area contributed by atoms with E-state index >= 15 is 0 Å². The molecule has 1 unspecified atom stereocenters. The molecular formula is C19H23NO3. The van der Waals surface area contributed by atoms with Crippen molar-refractivity contribution in [3.8, 4) is 5.75 Å². The summed E-state index contributed by atoms with van der Waals surface area (Å²) in [6, 6.07) is 14.5. The van der Waals surface area contributed by atoms with Crippen molar-refractivity contribution in [2.24, 2.45) is 0 Å². The molecule has 0 saturated heterocycles. The van der Waals surface area contributed by atoms with Crippen molar-refractivity contribution in [2.45, 2.75) is 39.4 Å². The lowest BCUT2D eigenvalue weighted by molar-refractivity contribution is -0.000289. The molecule has 1 amide bonds. The number of carbonyl (C=O) groups is 1. The van der Waals surface area contributed by atoms with Crippen molar-refractivity contribution in [3.63, 3.8) is 0 Å².